The number of aryl methyl sites for hydroxylation is 1. The molecule has 0 spiro atoms. The van der Waals surface area contributed by atoms with Crippen molar-refractivity contribution < 1.29 is 27.5 Å². The van der Waals surface area contributed by atoms with Gasteiger partial charge in [0.2, 0.25) is 5.91 Å². The van der Waals surface area contributed by atoms with Crippen molar-refractivity contribution >= 4 is 28.2 Å². The van der Waals surface area contributed by atoms with Crippen LogP contribution in [0.25, 0.3) is 27.7 Å². The Hall–Kier alpha value is -5.13. The average molecular weight is 662 g/mol. The molecule has 0 saturated carbocycles. The molecule has 1 fully saturated rings. The zero-order valence-electron chi connectivity index (χ0n) is 27.0. The zero-order valence-corrected chi connectivity index (χ0v) is 27.0. The number of pyridine rings is 2. The van der Waals surface area contributed by atoms with Gasteiger partial charge in [-0.2, -0.15) is 0 Å². The quantitative estimate of drug-likeness (QED) is 0.188. The summed E-state index contributed by atoms with van der Waals surface area (Å²) in [5.41, 5.74) is -1.05. The second-order valence-corrected chi connectivity index (χ2v) is 12.5. The molecule has 1 N–H and O–H groups in total. The van der Waals surface area contributed by atoms with E-state index in [1.165, 1.54) is 17.0 Å². The minimum atomic E-state index is -1.28. The first-order valence-corrected chi connectivity index (χ1v) is 15.6. The zero-order chi connectivity index (χ0) is 34.8. The summed E-state index contributed by atoms with van der Waals surface area (Å²) in [4.78, 5) is 37.1. The molecule has 4 heterocycles. The molecule has 12 heteroatoms. The van der Waals surface area contributed by atoms with Gasteiger partial charge in [-0.3, -0.25) is 19.1 Å². The lowest BCUT2D eigenvalue weighted by molar-refractivity contribution is -0.128. The predicted octanol–water partition coefficient (Wildman–Crippen LogP) is 6.50. The number of phenols is 1. The van der Waals surface area contributed by atoms with Crippen molar-refractivity contribution in [2.75, 3.05) is 36.1 Å². The third-order valence-electron chi connectivity index (χ3n) is 9.26. The molecule has 2 aliphatic heterocycles. The summed E-state index contributed by atoms with van der Waals surface area (Å²) in [6.07, 6.45) is 2.75. The number of benzene rings is 2. The van der Waals surface area contributed by atoms with E-state index in [1.54, 1.807) is 35.9 Å². The molecular weight excluding hydrogens is 626 g/mol. The number of carbonyl (C=O) groups excluding carboxylic acids is 1. The highest BCUT2D eigenvalue weighted by atomic mass is 19.1. The number of carbonyl (C=O) groups is 1. The monoisotopic (exact) mass is 661 g/mol. The highest BCUT2D eigenvalue weighted by Crippen LogP contribution is 2.48. The van der Waals surface area contributed by atoms with Gasteiger partial charge in [0.15, 0.2) is 5.82 Å². The highest BCUT2D eigenvalue weighted by molar-refractivity contribution is 6.04. The Morgan fingerprint density at radius 3 is 2.48 bits per heavy atom. The normalized spacial score (nSPS) is 17.6. The van der Waals surface area contributed by atoms with Crippen LogP contribution in [0.2, 0.25) is 0 Å². The standard InChI is InChI=1S/C36H35F4N5O3/c1-7-27(47)43-17-25-21(6)42(14-12-37)35-34(44(25)16-20(43)5)22-15-24(39)29(28-23(38)9-8-10-26(28)46)30(40)33(22)45(36(35)48)32-19(4)11-13-41-31(32)18(2)3/h7-11,13,15,18,20,25,46H,1,6,12,14,16-17H2,2-5H3. The first kappa shape index (κ1) is 32.8. The minimum absolute atomic E-state index is 0.0460. The molecule has 2 aliphatic rings. The highest BCUT2D eigenvalue weighted by Gasteiger charge is 2.44. The van der Waals surface area contributed by atoms with Gasteiger partial charge in [0.1, 0.15) is 29.7 Å². The molecule has 250 valence electrons. The van der Waals surface area contributed by atoms with Gasteiger partial charge in [0.25, 0.3) is 5.56 Å². The van der Waals surface area contributed by atoms with Gasteiger partial charge in [-0.1, -0.05) is 33.1 Å². The van der Waals surface area contributed by atoms with Crippen LogP contribution >= 0.6 is 0 Å². The fourth-order valence-electron chi connectivity index (χ4n) is 7.06. The number of piperazine rings is 1. The lowest BCUT2D eigenvalue weighted by Gasteiger charge is -2.52. The van der Waals surface area contributed by atoms with E-state index in [9.17, 15) is 14.3 Å². The van der Waals surface area contributed by atoms with E-state index in [2.05, 4.69) is 18.1 Å². The van der Waals surface area contributed by atoms with Gasteiger partial charge < -0.3 is 19.8 Å². The maximum absolute atomic E-state index is 17.3. The Labute approximate surface area is 274 Å². The van der Waals surface area contributed by atoms with Crippen LogP contribution in [0.4, 0.5) is 28.9 Å². The van der Waals surface area contributed by atoms with E-state index in [4.69, 9.17) is 0 Å². The first-order valence-electron chi connectivity index (χ1n) is 15.6. The van der Waals surface area contributed by atoms with Crippen LogP contribution in [0.15, 0.2) is 66.3 Å². The Kier molecular flexibility index (Phi) is 8.30. The molecule has 6 rings (SSSR count). The molecule has 48 heavy (non-hydrogen) atoms. The van der Waals surface area contributed by atoms with Crippen LogP contribution < -0.4 is 15.4 Å². The van der Waals surface area contributed by atoms with Crippen molar-refractivity contribution in [3.05, 3.63) is 101 Å². The van der Waals surface area contributed by atoms with Gasteiger partial charge in [-0.15, -0.1) is 0 Å². The summed E-state index contributed by atoms with van der Waals surface area (Å²) in [6, 6.07) is 4.84. The number of rotatable bonds is 6. The number of fused-ring (bicyclic) bond motifs is 5. The molecule has 0 radical (unpaired) electrons. The summed E-state index contributed by atoms with van der Waals surface area (Å²) in [6.45, 7) is 14.1. The number of aromatic nitrogens is 2. The predicted molar refractivity (Wildman–Crippen MR) is 178 cm³/mol. The van der Waals surface area contributed by atoms with Crippen LogP contribution in [0.3, 0.4) is 0 Å². The third-order valence-corrected chi connectivity index (χ3v) is 9.26. The second kappa shape index (κ2) is 12.1. The molecule has 0 bridgehead atoms. The lowest BCUT2D eigenvalue weighted by atomic mass is 9.93. The fraction of sp³-hybridized carbons (Fsp3) is 0.306. The Balaban J connectivity index is 1.82. The van der Waals surface area contributed by atoms with Crippen molar-refractivity contribution in [3.63, 3.8) is 0 Å². The number of amides is 1. The molecule has 0 aliphatic carbocycles. The van der Waals surface area contributed by atoms with E-state index >= 15 is 18.0 Å². The number of alkyl halides is 1. The van der Waals surface area contributed by atoms with Gasteiger partial charge in [0, 0.05) is 36.4 Å². The molecule has 2 aromatic heterocycles. The smallest absolute Gasteiger partial charge is 0.281 e. The van der Waals surface area contributed by atoms with Crippen molar-refractivity contribution in [1.29, 1.82) is 0 Å². The van der Waals surface area contributed by atoms with Gasteiger partial charge in [0.05, 0.1) is 46.3 Å². The fourth-order valence-corrected chi connectivity index (χ4v) is 7.06. The number of hydrogen-bond donors (Lipinski definition) is 1. The minimum Gasteiger partial charge on any atom is -0.507 e. The number of nitrogens with zero attached hydrogens (tertiary/aromatic N) is 5. The summed E-state index contributed by atoms with van der Waals surface area (Å²) >= 11 is 0. The van der Waals surface area contributed by atoms with Crippen molar-refractivity contribution in [1.82, 2.24) is 14.5 Å². The lowest BCUT2D eigenvalue weighted by Crippen LogP contribution is -2.63. The Bertz CT molecular complexity index is 2060. The summed E-state index contributed by atoms with van der Waals surface area (Å²) < 4.78 is 64.2. The van der Waals surface area contributed by atoms with Crippen molar-refractivity contribution in [2.45, 2.75) is 45.7 Å². The molecular formula is C36H35F4N5O3. The maximum atomic E-state index is 17.3. The number of halogens is 4. The molecule has 1 saturated heterocycles. The SMILES string of the molecule is C=CC(=O)N1CC2C(=C)N(CCF)c3c(c4cc(F)c(-c5c(O)cccc5F)c(F)c4n(-c4c(C)ccnc4C(C)C)c3=O)N2CC1C. The number of phenolic OH excluding ortho intramolecular Hbond substituents is 1. The average Bonchev–Trinajstić information content (AvgIpc) is 3.04. The van der Waals surface area contributed by atoms with E-state index in [0.717, 1.165) is 22.8 Å². The van der Waals surface area contributed by atoms with E-state index in [-0.39, 0.29) is 59.4 Å². The topological polar surface area (TPSA) is 81.9 Å². The summed E-state index contributed by atoms with van der Waals surface area (Å²) in [7, 11) is 0. The largest absolute Gasteiger partial charge is 0.507 e. The molecule has 8 nitrogen and oxygen atoms in total. The summed E-state index contributed by atoms with van der Waals surface area (Å²) in [5.74, 6) is -4.82. The van der Waals surface area contributed by atoms with E-state index < -0.39 is 58.6 Å². The molecule has 4 aromatic rings. The van der Waals surface area contributed by atoms with Crippen LogP contribution in [0.5, 0.6) is 5.75 Å². The van der Waals surface area contributed by atoms with Crippen LogP contribution in [-0.4, -0.2) is 63.9 Å². The van der Waals surface area contributed by atoms with Gasteiger partial charge >= 0.3 is 0 Å². The maximum Gasteiger partial charge on any atom is 0.281 e. The summed E-state index contributed by atoms with van der Waals surface area (Å²) in [5, 5.41) is 10.6. The van der Waals surface area contributed by atoms with Crippen LogP contribution in [0.1, 0.15) is 37.9 Å². The Morgan fingerprint density at radius 2 is 1.83 bits per heavy atom. The van der Waals surface area contributed by atoms with Crippen molar-refractivity contribution in [3.8, 4) is 22.6 Å². The van der Waals surface area contributed by atoms with E-state index in [0.29, 0.717) is 17.0 Å². The Morgan fingerprint density at radius 1 is 1.10 bits per heavy atom. The van der Waals surface area contributed by atoms with E-state index in [1.807, 2.05) is 13.8 Å². The van der Waals surface area contributed by atoms with Crippen molar-refractivity contribution in [2.24, 2.45) is 0 Å². The molecule has 2 unspecified atom stereocenters. The molecule has 2 atom stereocenters. The molecule has 1 amide bonds. The number of anilines is 2. The number of hydrogen-bond acceptors (Lipinski definition) is 6. The molecule has 2 aromatic carbocycles. The second-order valence-electron chi connectivity index (χ2n) is 12.5. The number of aromatic hydroxyl groups is 1. The van der Waals surface area contributed by atoms with Gasteiger partial charge in [-0.25, -0.2) is 17.6 Å². The van der Waals surface area contributed by atoms with Crippen LogP contribution in [-0.2, 0) is 4.79 Å². The third kappa shape index (κ3) is 4.84. The van der Waals surface area contributed by atoms with Crippen LogP contribution in [0, 0.1) is 24.4 Å². The first-order chi connectivity index (χ1) is 22.8. The van der Waals surface area contributed by atoms with Gasteiger partial charge in [-0.05, 0) is 55.7 Å².